The highest BCUT2D eigenvalue weighted by Crippen LogP contribution is 2.25. The van der Waals surface area contributed by atoms with Gasteiger partial charge in [0.1, 0.15) is 41.8 Å². The number of carboxylic acids is 1. The number of amides is 2. The minimum atomic E-state index is -1.85. The standard InChI is InChI=1S/C23H37N3O11/c1-11(28)24-17-12(8-14(20(32)33)35-19(17)18(31)13(29)10-27)25-15(9-16(30)36-22(2,3)4)26-21(34)37-23(5,6)7/h8,12-13,17-19,27,29,31H,9-10H2,1-7H3,(H,24,28)(H,32,33)(H,25,26,34)/t12-,13+,17+,18+,19+/m0/s1. The molecule has 1 heterocycles. The Morgan fingerprint density at radius 3 is 2.11 bits per heavy atom. The van der Waals surface area contributed by atoms with Gasteiger partial charge in [-0.3, -0.25) is 19.9 Å². The molecule has 5 atom stereocenters. The fraction of sp³-hybridized carbons (Fsp3) is 0.696. The lowest BCUT2D eigenvalue weighted by atomic mass is 9.92. The highest BCUT2D eigenvalue weighted by molar-refractivity contribution is 6.04. The second kappa shape index (κ2) is 12.8. The number of carboxylic acid groups (broad SMARTS) is 1. The predicted octanol–water partition coefficient (Wildman–Crippen LogP) is -0.404. The molecule has 2 amide bonds. The first kappa shape index (κ1) is 31.8. The quantitative estimate of drug-likeness (QED) is 0.135. The van der Waals surface area contributed by atoms with Crippen molar-refractivity contribution in [2.45, 2.75) is 96.5 Å². The van der Waals surface area contributed by atoms with Crippen LogP contribution in [-0.2, 0) is 28.6 Å². The molecule has 14 nitrogen and oxygen atoms in total. The molecule has 0 aromatic heterocycles. The van der Waals surface area contributed by atoms with E-state index >= 15 is 0 Å². The lowest BCUT2D eigenvalue weighted by Gasteiger charge is -2.38. The summed E-state index contributed by atoms with van der Waals surface area (Å²) in [5.41, 5.74) is -1.76. The van der Waals surface area contributed by atoms with Crippen LogP contribution in [0.1, 0.15) is 54.9 Å². The molecule has 0 unspecified atom stereocenters. The molecule has 0 spiro atoms. The number of alkyl carbamates (subject to hydrolysis) is 1. The average Bonchev–Trinajstić information content (AvgIpc) is 2.70. The summed E-state index contributed by atoms with van der Waals surface area (Å²) < 4.78 is 15.8. The zero-order valence-electron chi connectivity index (χ0n) is 22.0. The van der Waals surface area contributed by atoms with Gasteiger partial charge >= 0.3 is 18.0 Å². The third-order valence-corrected chi connectivity index (χ3v) is 4.49. The smallest absolute Gasteiger partial charge is 0.413 e. The van der Waals surface area contributed by atoms with Gasteiger partial charge in [-0.1, -0.05) is 0 Å². The zero-order valence-corrected chi connectivity index (χ0v) is 22.0. The van der Waals surface area contributed by atoms with E-state index in [1.165, 1.54) is 0 Å². The van der Waals surface area contributed by atoms with Gasteiger partial charge in [-0.25, -0.2) is 9.59 Å². The number of ether oxygens (including phenoxy) is 3. The molecule has 0 bridgehead atoms. The van der Waals surface area contributed by atoms with Crippen LogP contribution in [0, 0.1) is 0 Å². The molecule has 210 valence electrons. The summed E-state index contributed by atoms with van der Waals surface area (Å²) in [5, 5.41) is 44.0. The number of carbonyl (C=O) groups excluding carboxylic acids is 3. The minimum absolute atomic E-state index is 0.289. The number of carbonyl (C=O) groups is 4. The van der Waals surface area contributed by atoms with Gasteiger partial charge in [-0.15, -0.1) is 0 Å². The molecule has 37 heavy (non-hydrogen) atoms. The van der Waals surface area contributed by atoms with Gasteiger partial charge in [-0.2, -0.15) is 0 Å². The summed E-state index contributed by atoms with van der Waals surface area (Å²) >= 11 is 0. The van der Waals surface area contributed by atoms with Gasteiger partial charge in [0.05, 0.1) is 18.7 Å². The molecular formula is C23H37N3O11. The molecule has 0 radical (unpaired) electrons. The van der Waals surface area contributed by atoms with Crippen molar-refractivity contribution in [2.24, 2.45) is 4.99 Å². The summed E-state index contributed by atoms with van der Waals surface area (Å²) in [4.78, 5) is 52.9. The van der Waals surface area contributed by atoms with Crippen LogP contribution in [-0.4, -0.2) is 98.4 Å². The third kappa shape index (κ3) is 11.1. The summed E-state index contributed by atoms with van der Waals surface area (Å²) in [6, 6.07) is -2.60. The Kier molecular flexibility index (Phi) is 11.0. The molecule has 1 rings (SSSR count). The highest BCUT2D eigenvalue weighted by Gasteiger charge is 2.44. The van der Waals surface area contributed by atoms with Crippen LogP contribution in [0.5, 0.6) is 0 Å². The molecule has 0 saturated carbocycles. The number of rotatable bonds is 8. The monoisotopic (exact) mass is 531 g/mol. The van der Waals surface area contributed by atoms with E-state index in [1.807, 2.05) is 0 Å². The Balaban J connectivity index is 3.57. The molecule has 0 saturated heterocycles. The van der Waals surface area contributed by atoms with Crippen molar-refractivity contribution < 1.29 is 53.8 Å². The van der Waals surface area contributed by atoms with E-state index < -0.39 is 84.3 Å². The number of amidine groups is 1. The Hall–Kier alpha value is -3.23. The first-order chi connectivity index (χ1) is 16.8. The fourth-order valence-electron chi connectivity index (χ4n) is 3.20. The molecule has 14 heteroatoms. The van der Waals surface area contributed by atoms with Crippen molar-refractivity contribution in [3.63, 3.8) is 0 Å². The number of aliphatic carboxylic acids is 1. The van der Waals surface area contributed by atoms with E-state index in [1.54, 1.807) is 41.5 Å². The number of hydrogen-bond acceptors (Lipinski definition) is 11. The lowest BCUT2D eigenvalue weighted by Crippen LogP contribution is -2.59. The van der Waals surface area contributed by atoms with Gasteiger partial charge in [0, 0.05) is 6.92 Å². The maximum absolute atomic E-state index is 12.5. The molecule has 0 aliphatic carbocycles. The topological polar surface area (TPSA) is 213 Å². The van der Waals surface area contributed by atoms with Gasteiger partial charge in [-0.05, 0) is 47.6 Å². The van der Waals surface area contributed by atoms with Crippen LogP contribution in [0.15, 0.2) is 16.8 Å². The van der Waals surface area contributed by atoms with Crippen LogP contribution in [0.3, 0.4) is 0 Å². The number of aliphatic hydroxyl groups is 3. The number of nitrogens with zero attached hydrogens (tertiary/aromatic N) is 1. The van der Waals surface area contributed by atoms with Crippen molar-refractivity contribution in [1.82, 2.24) is 10.6 Å². The Morgan fingerprint density at radius 2 is 1.65 bits per heavy atom. The number of aliphatic imine (C=N–C) groups is 1. The number of aliphatic hydroxyl groups excluding tert-OH is 3. The SMILES string of the molecule is CC(=O)N[C@H]1[C@H]([C@H](O)[C@H](O)CO)OC(C(=O)O)=C[C@@H]1N=C(CC(=O)OC(C)(C)C)NC(=O)OC(C)(C)C. The van der Waals surface area contributed by atoms with Crippen LogP contribution in [0.2, 0.25) is 0 Å². The predicted molar refractivity (Wildman–Crippen MR) is 128 cm³/mol. The molecule has 1 aliphatic heterocycles. The number of nitrogens with one attached hydrogen (secondary N) is 2. The van der Waals surface area contributed by atoms with Crippen LogP contribution >= 0.6 is 0 Å². The highest BCUT2D eigenvalue weighted by atomic mass is 16.6. The largest absolute Gasteiger partial charge is 0.478 e. The lowest BCUT2D eigenvalue weighted by molar-refractivity contribution is -0.153. The van der Waals surface area contributed by atoms with Crippen molar-refractivity contribution in [3.8, 4) is 0 Å². The van der Waals surface area contributed by atoms with Gasteiger partial charge in [0.15, 0.2) is 0 Å². The molecule has 0 fully saturated rings. The fourth-order valence-corrected chi connectivity index (χ4v) is 3.20. The Labute approximate surface area is 214 Å². The van der Waals surface area contributed by atoms with E-state index in [4.69, 9.17) is 14.2 Å². The molecule has 6 N–H and O–H groups in total. The van der Waals surface area contributed by atoms with Crippen LogP contribution in [0.25, 0.3) is 0 Å². The molecule has 0 aromatic rings. The van der Waals surface area contributed by atoms with Gasteiger partial charge in [0.25, 0.3) is 0 Å². The summed E-state index contributed by atoms with van der Waals surface area (Å²) in [5.74, 6) is -3.92. The van der Waals surface area contributed by atoms with Crippen molar-refractivity contribution in [2.75, 3.05) is 6.61 Å². The van der Waals surface area contributed by atoms with Crippen molar-refractivity contribution in [3.05, 3.63) is 11.8 Å². The van der Waals surface area contributed by atoms with E-state index in [-0.39, 0.29) is 5.84 Å². The number of hydrogen-bond donors (Lipinski definition) is 6. The second-order valence-corrected chi connectivity index (χ2v) is 10.3. The zero-order chi connectivity index (χ0) is 28.7. The Bertz CT molecular complexity index is 886. The number of esters is 1. The van der Waals surface area contributed by atoms with Crippen molar-refractivity contribution in [1.29, 1.82) is 0 Å². The Morgan fingerprint density at radius 1 is 1.08 bits per heavy atom. The molecular weight excluding hydrogens is 494 g/mol. The normalized spacial score (nSPS) is 22.1. The summed E-state index contributed by atoms with van der Waals surface area (Å²) in [6.07, 6.45) is -5.71. The summed E-state index contributed by atoms with van der Waals surface area (Å²) in [7, 11) is 0. The van der Waals surface area contributed by atoms with E-state index in [0.29, 0.717) is 0 Å². The van der Waals surface area contributed by atoms with Gasteiger partial charge in [0.2, 0.25) is 11.7 Å². The second-order valence-electron chi connectivity index (χ2n) is 10.3. The van der Waals surface area contributed by atoms with E-state index in [0.717, 1.165) is 13.0 Å². The minimum Gasteiger partial charge on any atom is -0.478 e. The first-order valence-corrected chi connectivity index (χ1v) is 11.5. The third-order valence-electron chi connectivity index (χ3n) is 4.49. The van der Waals surface area contributed by atoms with Crippen molar-refractivity contribution >= 4 is 29.8 Å². The van der Waals surface area contributed by atoms with Crippen LogP contribution in [0.4, 0.5) is 4.79 Å². The van der Waals surface area contributed by atoms with Crippen LogP contribution < -0.4 is 10.6 Å². The molecule has 1 aliphatic rings. The maximum Gasteiger partial charge on any atom is 0.413 e. The molecule has 0 aromatic carbocycles. The first-order valence-electron chi connectivity index (χ1n) is 11.5. The summed E-state index contributed by atoms with van der Waals surface area (Å²) in [6.45, 7) is 9.99. The van der Waals surface area contributed by atoms with E-state index in [2.05, 4.69) is 15.6 Å². The maximum atomic E-state index is 12.5. The van der Waals surface area contributed by atoms with Gasteiger partial charge < -0.3 is 40.0 Å². The van der Waals surface area contributed by atoms with E-state index in [9.17, 15) is 39.6 Å². The average molecular weight is 532 g/mol.